The van der Waals surface area contributed by atoms with Gasteiger partial charge in [0.25, 0.3) is 5.91 Å². The lowest BCUT2D eigenvalue weighted by molar-refractivity contribution is -0.137. The van der Waals surface area contributed by atoms with E-state index in [2.05, 4.69) is 5.32 Å². The first-order valence-corrected chi connectivity index (χ1v) is 5.50. The van der Waals surface area contributed by atoms with Gasteiger partial charge in [0.15, 0.2) is 0 Å². The average molecular weight is 297 g/mol. The molecule has 3 nitrogen and oxygen atoms in total. The van der Waals surface area contributed by atoms with E-state index in [-0.39, 0.29) is 23.9 Å². The van der Waals surface area contributed by atoms with E-state index in [0.717, 1.165) is 12.1 Å². The van der Waals surface area contributed by atoms with Crippen LogP contribution in [0.4, 0.5) is 13.2 Å². The number of alkyl halides is 3. The van der Waals surface area contributed by atoms with Crippen molar-refractivity contribution in [2.75, 3.05) is 13.1 Å². The molecule has 0 saturated carbocycles. The highest BCUT2D eigenvalue weighted by Crippen LogP contribution is 2.29. The molecule has 0 spiro atoms. The van der Waals surface area contributed by atoms with Gasteiger partial charge in [-0.05, 0) is 30.7 Å². The van der Waals surface area contributed by atoms with E-state index in [1.54, 1.807) is 0 Å². The van der Waals surface area contributed by atoms with Crippen molar-refractivity contribution in [1.29, 1.82) is 0 Å². The van der Waals surface area contributed by atoms with Gasteiger partial charge in [0.2, 0.25) is 0 Å². The van der Waals surface area contributed by atoms with Gasteiger partial charge < -0.3 is 11.1 Å². The second-order valence-corrected chi connectivity index (χ2v) is 4.13. The molecule has 0 heterocycles. The number of nitrogens with one attached hydrogen (secondary N) is 1. The molecule has 0 bridgehead atoms. The highest BCUT2D eigenvalue weighted by molar-refractivity contribution is 5.94. The molecule has 1 rings (SSSR count). The topological polar surface area (TPSA) is 55.1 Å². The maximum absolute atomic E-state index is 12.5. The van der Waals surface area contributed by atoms with E-state index in [4.69, 9.17) is 5.73 Å². The van der Waals surface area contributed by atoms with E-state index in [0.29, 0.717) is 13.1 Å². The molecule has 0 aliphatic heterocycles. The van der Waals surface area contributed by atoms with Crippen molar-refractivity contribution >= 4 is 18.3 Å². The summed E-state index contributed by atoms with van der Waals surface area (Å²) in [4.78, 5) is 11.6. The molecule has 3 N–H and O–H groups in total. The maximum atomic E-state index is 12.5. The van der Waals surface area contributed by atoms with Gasteiger partial charge in [-0.2, -0.15) is 13.2 Å². The molecular formula is C12H16ClF3N2O. The van der Waals surface area contributed by atoms with Gasteiger partial charge >= 0.3 is 6.18 Å². The molecule has 1 atom stereocenters. The Bertz CT molecular complexity index is 424. The Balaban J connectivity index is 0.00000324. The van der Waals surface area contributed by atoms with Crippen molar-refractivity contribution in [3.63, 3.8) is 0 Å². The summed E-state index contributed by atoms with van der Waals surface area (Å²) in [5.41, 5.74) is 4.54. The second kappa shape index (κ2) is 7.35. The monoisotopic (exact) mass is 296 g/mol. The summed E-state index contributed by atoms with van der Waals surface area (Å²) in [6.07, 6.45) is -4.44. The zero-order chi connectivity index (χ0) is 13.8. The van der Waals surface area contributed by atoms with Crippen molar-refractivity contribution < 1.29 is 18.0 Å². The van der Waals surface area contributed by atoms with Crippen LogP contribution in [0.3, 0.4) is 0 Å². The second-order valence-electron chi connectivity index (χ2n) is 4.13. The highest BCUT2D eigenvalue weighted by Gasteiger charge is 2.30. The van der Waals surface area contributed by atoms with Gasteiger partial charge in [-0.15, -0.1) is 12.4 Å². The minimum absolute atomic E-state index is 0. The molecule has 1 aromatic rings. The highest BCUT2D eigenvalue weighted by atomic mass is 35.5. The quantitative estimate of drug-likeness (QED) is 0.897. The van der Waals surface area contributed by atoms with E-state index in [1.807, 2.05) is 6.92 Å². The number of amides is 1. The van der Waals surface area contributed by atoms with Gasteiger partial charge in [-0.1, -0.05) is 13.0 Å². The molecule has 0 saturated heterocycles. The molecular weight excluding hydrogens is 281 g/mol. The lowest BCUT2D eigenvalue weighted by atomic mass is 10.1. The number of hydrogen-bond donors (Lipinski definition) is 2. The average Bonchev–Trinajstić information content (AvgIpc) is 2.34. The molecule has 0 aliphatic rings. The van der Waals surface area contributed by atoms with Crippen LogP contribution in [0.15, 0.2) is 24.3 Å². The Morgan fingerprint density at radius 1 is 1.42 bits per heavy atom. The number of halogens is 4. The molecule has 0 fully saturated rings. The summed E-state index contributed by atoms with van der Waals surface area (Å²) < 4.78 is 37.4. The fourth-order valence-electron chi connectivity index (χ4n) is 1.29. The standard InChI is InChI=1S/C12H15F3N2O.ClH/c1-8(6-16)7-17-11(18)9-3-2-4-10(5-9)12(13,14)15;/h2-5,8H,6-7,16H2,1H3,(H,17,18);1H. The van der Waals surface area contributed by atoms with Crippen molar-refractivity contribution in [2.45, 2.75) is 13.1 Å². The van der Waals surface area contributed by atoms with E-state index >= 15 is 0 Å². The van der Waals surface area contributed by atoms with Crippen LogP contribution in [-0.2, 0) is 6.18 Å². The Hall–Kier alpha value is -1.27. The van der Waals surface area contributed by atoms with Crippen molar-refractivity contribution in [3.05, 3.63) is 35.4 Å². The van der Waals surface area contributed by atoms with Crippen LogP contribution in [0.2, 0.25) is 0 Å². The SMILES string of the molecule is CC(CN)CNC(=O)c1cccc(C(F)(F)F)c1.Cl. The van der Waals surface area contributed by atoms with Crippen LogP contribution < -0.4 is 11.1 Å². The van der Waals surface area contributed by atoms with Crippen LogP contribution in [0, 0.1) is 5.92 Å². The van der Waals surface area contributed by atoms with Crippen molar-refractivity contribution in [2.24, 2.45) is 11.7 Å². The summed E-state index contributed by atoms with van der Waals surface area (Å²) in [5, 5.41) is 2.54. The lowest BCUT2D eigenvalue weighted by Crippen LogP contribution is -2.31. The summed E-state index contributed by atoms with van der Waals surface area (Å²) >= 11 is 0. The number of nitrogens with two attached hydrogens (primary N) is 1. The van der Waals surface area contributed by atoms with E-state index in [9.17, 15) is 18.0 Å². The fraction of sp³-hybridized carbons (Fsp3) is 0.417. The summed E-state index contributed by atoms with van der Waals surface area (Å²) in [6.45, 7) is 2.58. The number of benzene rings is 1. The molecule has 1 amide bonds. The molecule has 19 heavy (non-hydrogen) atoms. The van der Waals surface area contributed by atoms with Gasteiger partial charge in [0.05, 0.1) is 5.56 Å². The van der Waals surface area contributed by atoms with Gasteiger partial charge in [-0.25, -0.2) is 0 Å². The molecule has 108 valence electrons. The third-order valence-corrected chi connectivity index (χ3v) is 2.47. The largest absolute Gasteiger partial charge is 0.416 e. The first-order valence-electron chi connectivity index (χ1n) is 5.50. The Kier molecular flexibility index (Phi) is 6.86. The molecule has 0 radical (unpaired) electrons. The maximum Gasteiger partial charge on any atom is 0.416 e. The molecule has 1 unspecified atom stereocenters. The number of carbonyl (C=O) groups is 1. The van der Waals surface area contributed by atoms with Crippen LogP contribution in [0.5, 0.6) is 0 Å². The van der Waals surface area contributed by atoms with Gasteiger partial charge in [0, 0.05) is 12.1 Å². The van der Waals surface area contributed by atoms with Gasteiger partial charge in [0.1, 0.15) is 0 Å². The predicted molar refractivity (Wildman–Crippen MR) is 69.2 cm³/mol. The smallest absolute Gasteiger partial charge is 0.352 e. The summed E-state index contributed by atoms with van der Waals surface area (Å²) in [5.74, 6) is -0.443. The first-order chi connectivity index (χ1) is 8.34. The molecule has 1 aromatic carbocycles. The minimum Gasteiger partial charge on any atom is -0.352 e. The van der Waals surface area contributed by atoms with Gasteiger partial charge in [-0.3, -0.25) is 4.79 Å². The molecule has 0 aromatic heterocycles. The zero-order valence-corrected chi connectivity index (χ0v) is 11.1. The predicted octanol–water partition coefficient (Wildman–Crippen LogP) is 2.45. The van der Waals surface area contributed by atoms with Crippen molar-refractivity contribution in [3.8, 4) is 0 Å². The van der Waals surface area contributed by atoms with E-state index < -0.39 is 17.6 Å². The van der Waals surface area contributed by atoms with Crippen LogP contribution >= 0.6 is 12.4 Å². The van der Waals surface area contributed by atoms with E-state index in [1.165, 1.54) is 12.1 Å². The fourth-order valence-corrected chi connectivity index (χ4v) is 1.29. The van der Waals surface area contributed by atoms with Crippen LogP contribution in [0.25, 0.3) is 0 Å². The number of carbonyl (C=O) groups excluding carboxylic acids is 1. The Morgan fingerprint density at radius 3 is 2.58 bits per heavy atom. The summed E-state index contributed by atoms with van der Waals surface area (Å²) in [7, 11) is 0. The Morgan fingerprint density at radius 2 is 2.05 bits per heavy atom. The third kappa shape index (κ3) is 5.48. The molecule has 0 aliphatic carbocycles. The van der Waals surface area contributed by atoms with Crippen LogP contribution in [-0.4, -0.2) is 19.0 Å². The van der Waals surface area contributed by atoms with Crippen LogP contribution in [0.1, 0.15) is 22.8 Å². The first kappa shape index (κ1) is 17.7. The minimum atomic E-state index is -4.44. The van der Waals surface area contributed by atoms with Crippen molar-refractivity contribution in [1.82, 2.24) is 5.32 Å². The Labute approximate surface area is 115 Å². The number of hydrogen-bond acceptors (Lipinski definition) is 2. The summed E-state index contributed by atoms with van der Waals surface area (Å²) in [6, 6.07) is 4.32. The lowest BCUT2D eigenvalue weighted by Gasteiger charge is -2.11. The zero-order valence-electron chi connectivity index (χ0n) is 10.3. The number of rotatable bonds is 4. The molecule has 7 heteroatoms. The normalized spacial score (nSPS) is 12.5. The third-order valence-electron chi connectivity index (χ3n) is 2.47.